The maximum atomic E-state index is 13.5. The van der Waals surface area contributed by atoms with Gasteiger partial charge in [-0.05, 0) is 24.6 Å². The van der Waals surface area contributed by atoms with Gasteiger partial charge in [0.25, 0.3) is 0 Å². The number of rotatable bonds is 4. The van der Waals surface area contributed by atoms with Crippen LogP contribution in [0.3, 0.4) is 0 Å². The van der Waals surface area contributed by atoms with Gasteiger partial charge in [-0.1, -0.05) is 11.6 Å². The Bertz CT molecular complexity index is 529. The van der Waals surface area contributed by atoms with Crippen LogP contribution in [0.15, 0.2) is 30.6 Å². The second-order valence-corrected chi connectivity index (χ2v) is 4.36. The minimum absolute atomic E-state index is 0.0439. The lowest BCUT2D eigenvalue weighted by Crippen LogP contribution is -2.02. The van der Waals surface area contributed by atoms with Gasteiger partial charge in [-0.25, -0.2) is 8.78 Å². The highest BCUT2D eigenvalue weighted by atomic mass is 35.5. The molecule has 5 heteroatoms. The van der Waals surface area contributed by atoms with Crippen LogP contribution in [-0.4, -0.2) is 4.57 Å². The summed E-state index contributed by atoms with van der Waals surface area (Å²) in [6.45, 7) is 3.36. The van der Waals surface area contributed by atoms with Gasteiger partial charge in [0.15, 0.2) is 5.82 Å². The molecule has 18 heavy (non-hydrogen) atoms. The number of aromatic nitrogens is 1. The van der Waals surface area contributed by atoms with E-state index in [0.717, 1.165) is 24.2 Å². The number of nitrogens with zero attached hydrogens (tertiary/aromatic N) is 1. The summed E-state index contributed by atoms with van der Waals surface area (Å²) in [5, 5.41) is 2.92. The lowest BCUT2D eigenvalue weighted by Gasteiger charge is -2.08. The third-order valence-electron chi connectivity index (χ3n) is 2.65. The van der Waals surface area contributed by atoms with Crippen molar-refractivity contribution in [1.82, 2.24) is 4.57 Å². The van der Waals surface area contributed by atoms with E-state index in [-0.39, 0.29) is 10.7 Å². The van der Waals surface area contributed by atoms with Crippen LogP contribution in [0.1, 0.15) is 12.5 Å². The molecule has 0 fully saturated rings. The first-order valence-electron chi connectivity index (χ1n) is 5.63. The van der Waals surface area contributed by atoms with Crippen LogP contribution in [0.5, 0.6) is 0 Å². The van der Waals surface area contributed by atoms with E-state index >= 15 is 0 Å². The van der Waals surface area contributed by atoms with Crippen molar-refractivity contribution >= 4 is 17.3 Å². The molecule has 0 atom stereocenters. The van der Waals surface area contributed by atoms with Gasteiger partial charge in [0.1, 0.15) is 5.82 Å². The molecule has 0 amide bonds. The molecule has 0 aliphatic rings. The summed E-state index contributed by atoms with van der Waals surface area (Å²) in [4.78, 5) is 0. The minimum atomic E-state index is -0.685. The van der Waals surface area contributed by atoms with Gasteiger partial charge in [-0.3, -0.25) is 0 Å². The molecule has 1 aromatic heterocycles. The van der Waals surface area contributed by atoms with Crippen molar-refractivity contribution in [3.8, 4) is 0 Å². The molecule has 0 unspecified atom stereocenters. The summed E-state index contributed by atoms with van der Waals surface area (Å²) in [5.74, 6) is -1.37. The number of hydrogen-bond donors (Lipinski definition) is 1. The molecule has 0 aliphatic heterocycles. The van der Waals surface area contributed by atoms with Gasteiger partial charge in [-0.15, -0.1) is 0 Å². The fourth-order valence-electron chi connectivity index (χ4n) is 1.69. The average molecular weight is 271 g/mol. The second-order valence-electron chi connectivity index (χ2n) is 3.95. The van der Waals surface area contributed by atoms with Gasteiger partial charge in [0, 0.05) is 31.5 Å². The Balaban J connectivity index is 2.10. The first-order chi connectivity index (χ1) is 8.60. The van der Waals surface area contributed by atoms with Gasteiger partial charge in [-0.2, -0.15) is 0 Å². The van der Waals surface area contributed by atoms with Gasteiger partial charge in [0.05, 0.1) is 10.7 Å². The summed E-state index contributed by atoms with van der Waals surface area (Å²) in [6.07, 6.45) is 3.90. The van der Waals surface area contributed by atoms with E-state index in [0.29, 0.717) is 6.54 Å². The second kappa shape index (κ2) is 5.40. The van der Waals surface area contributed by atoms with E-state index in [1.165, 1.54) is 0 Å². The first kappa shape index (κ1) is 12.9. The fraction of sp³-hybridized carbons (Fsp3) is 0.231. The number of nitrogens with one attached hydrogen (secondary N) is 1. The number of halogens is 3. The van der Waals surface area contributed by atoms with E-state index in [4.69, 9.17) is 11.6 Å². The molecule has 0 saturated heterocycles. The average Bonchev–Trinajstić information content (AvgIpc) is 2.75. The Morgan fingerprint density at radius 3 is 2.72 bits per heavy atom. The number of hydrogen-bond acceptors (Lipinski definition) is 1. The summed E-state index contributed by atoms with van der Waals surface area (Å²) in [6, 6.07) is 3.83. The van der Waals surface area contributed by atoms with Crippen molar-refractivity contribution in [3.63, 3.8) is 0 Å². The predicted octanol–water partition coefficient (Wildman–Crippen LogP) is 4.05. The summed E-state index contributed by atoms with van der Waals surface area (Å²) in [5.41, 5.74) is 1.14. The number of aryl methyl sites for hydroxylation is 1. The highest BCUT2D eigenvalue weighted by Gasteiger charge is 2.09. The van der Waals surface area contributed by atoms with Crippen molar-refractivity contribution < 1.29 is 8.78 Å². The molecule has 0 bridgehead atoms. The van der Waals surface area contributed by atoms with Crippen molar-refractivity contribution in [2.45, 2.75) is 20.0 Å². The van der Waals surface area contributed by atoms with Crippen LogP contribution in [0.2, 0.25) is 5.02 Å². The molecule has 1 N–H and O–H groups in total. The van der Waals surface area contributed by atoms with Gasteiger partial charge < -0.3 is 9.88 Å². The smallest absolute Gasteiger partial charge is 0.150 e. The molecule has 0 aliphatic carbocycles. The van der Waals surface area contributed by atoms with Crippen molar-refractivity contribution in [1.29, 1.82) is 0 Å². The first-order valence-corrected chi connectivity index (χ1v) is 6.01. The van der Waals surface area contributed by atoms with Crippen molar-refractivity contribution in [2.75, 3.05) is 5.32 Å². The summed E-state index contributed by atoms with van der Waals surface area (Å²) >= 11 is 5.79. The Hall–Kier alpha value is -1.55. The van der Waals surface area contributed by atoms with Crippen LogP contribution in [-0.2, 0) is 13.1 Å². The SMILES string of the molecule is CCn1ccc(CNc2c(F)cc(F)cc2Cl)c1. The zero-order valence-corrected chi connectivity index (χ0v) is 10.6. The maximum Gasteiger partial charge on any atom is 0.150 e. The van der Waals surface area contributed by atoms with E-state index in [1.54, 1.807) is 0 Å². The Kier molecular flexibility index (Phi) is 3.87. The van der Waals surface area contributed by atoms with Crippen LogP contribution in [0.25, 0.3) is 0 Å². The molecular weight excluding hydrogens is 258 g/mol. The molecule has 96 valence electrons. The third-order valence-corrected chi connectivity index (χ3v) is 2.95. The Morgan fingerprint density at radius 1 is 1.33 bits per heavy atom. The molecular formula is C13H13ClF2N2. The number of benzene rings is 1. The molecule has 2 aromatic rings. The standard InChI is InChI=1S/C13H13ClF2N2/c1-2-18-4-3-9(8-18)7-17-13-11(14)5-10(15)6-12(13)16/h3-6,8,17H,2,7H2,1H3. The van der Waals surface area contributed by atoms with E-state index in [9.17, 15) is 8.78 Å². The van der Waals surface area contributed by atoms with E-state index < -0.39 is 11.6 Å². The molecule has 0 spiro atoms. The zero-order chi connectivity index (χ0) is 13.1. The van der Waals surface area contributed by atoms with Gasteiger partial charge >= 0.3 is 0 Å². The topological polar surface area (TPSA) is 17.0 Å². The quantitative estimate of drug-likeness (QED) is 0.887. The monoisotopic (exact) mass is 270 g/mol. The largest absolute Gasteiger partial charge is 0.377 e. The Labute approximate surface area is 109 Å². The molecule has 2 nitrogen and oxygen atoms in total. The Morgan fingerprint density at radius 2 is 2.11 bits per heavy atom. The summed E-state index contributed by atoms with van der Waals surface area (Å²) in [7, 11) is 0. The highest BCUT2D eigenvalue weighted by Crippen LogP contribution is 2.26. The number of anilines is 1. The molecule has 1 heterocycles. The normalized spacial score (nSPS) is 10.7. The van der Waals surface area contributed by atoms with Crippen molar-refractivity contribution in [3.05, 3.63) is 52.8 Å². The lowest BCUT2D eigenvalue weighted by molar-refractivity contribution is 0.585. The molecule has 0 saturated carbocycles. The maximum absolute atomic E-state index is 13.5. The molecule has 1 aromatic carbocycles. The zero-order valence-electron chi connectivity index (χ0n) is 9.88. The molecule has 2 rings (SSSR count). The predicted molar refractivity (Wildman–Crippen MR) is 68.8 cm³/mol. The van der Waals surface area contributed by atoms with Crippen LogP contribution in [0, 0.1) is 11.6 Å². The van der Waals surface area contributed by atoms with E-state index in [1.807, 2.05) is 30.0 Å². The molecule has 0 radical (unpaired) electrons. The van der Waals surface area contributed by atoms with E-state index in [2.05, 4.69) is 5.32 Å². The summed E-state index contributed by atoms with van der Waals surface area (Å²) < 4.78 is 28.4. The minimum Gasteiger partial charge on any atom is -0.377 e. The van der Waals surface area contributed by atoms with Crippen LogP contribution < -0.4 is 5.32 Å². The highest BCUT2D eigenvalue weighted by molar-refractivity contribution is 6.33. The van der Waals surface area contributed by atoms with Gasteiger partial charge in [0.2, 0.25) is 0 Å². The van der Waals surface area contributed by atoms with Crippen LogP contribution in [0.4, 0.5) is 14.5 Å². The fourth-order valence-corrected chi connectivity index (χ4v) is 1.95. The van der Waals surface area contributed by atoms with Crippen molar-refractivity contribution in [2.24, 2.45) is 0 Å². The lowest BCUT2D eigenvalue weighted by atomic mass is 10.2. The van der Waals surface area contributed by atoms with Crippen LogP contribution >= 0.6 is 11.6 Å². The third kappa shape index (κ3) is 2.82.